The molecule has 20 heavy (non-hydrogen) atoms. The molecular weight excluding hydrogens is 272 g/mol. The van der Waals surface area contributed by atoms with Crippen molar-refractivity contribution in [1.82, 2.24) is 20.8 Å². The lowest BCUT2D eigenvalue weighted by molar-refractivity contribution is -0.122. The maximum atomic E-state index is 11.5. The van der Waals surface area contributed by atoms with Crippen LogP contribution in [0.2, 0.25) is 0 Å². The second kappa shape index (κ2) is 6.19. The van der Waals surface area contributed by atoms with Crippen LogP contribution in [-0.4, -0.2) is 29.2 Å². The number of nitrogens with zero attached hydrogens (tertiary/aromatic N) is 1. The molecule has 5 nitrogen and oxygen atoms in total. The van der Waals surface area contributed by atoms with Crippen molar-refractivity contribution < 1.29 is 4.79 Å². The van der Waals surface area contributed by atoms with E-state index in [-0.39, 0.29) is 11.8 Å². The summed E-state index contributed by atoms with van der Waals surface area (Å²) in [5, 5.41) is 15.5. The van der Waals surface area contributed by atoms with Crippen LogP contribution in [0.25, 0.3) is 10.6 Å². The molecule has 1 aliphatic rings. The number of nitrogens with one attached hydrogen (secondary N) is 3. The topological polar surface area (TPSA) is 69.8 Å². The molecule has 2 aromatic rings. The molecule has 3 N–H and O–H groups in total. The summed E-state index contributed by atoms with van der Waals surface area (Å²) in [6.45, 7) is 2.21. The maximum Gasteiger partial charge on any atom is 0.223 e. The highest BCUT2D eigenvalue weighted by Crippen LogP contribution is 2.28. The van der Waals surface area contributed by atoms with Gasteiger partial charge in [-0.15, -0.1) is 11.3 Å². The van der Waals surface area contributed by atoms with Gasteiger partial charge in [-0.3, -0.25) is 9.89 Å². The van der Waals surface area contributed by atoms with Crippen molar-refractivity contribution >= 4 is 17.2 Å². The molecule has 2 aromatic heterocycles. The Kier molecular flexibility index (Phi) is 4.13. The number of carbonyl (C=O) groups excluding carboxylic acids is 1. The van der Waals surface area contributed by atoms with Crippen LogP contribution in [0.4, 0.5) is 0 Å². The van der Waals surface area contributed by atoms with Crippen LogP contribution < -0.4 is 10.6 Å². The van der Waals surface area contributed by atoms with Crippen molar-refractivity contribution in [2.45, 2.75) is 19.4 Å². The average molecular weight is 290 g/mol. The van der Waals surface area contributed by atoms with Gasteiger partial charge in [0.2, 0.25) is 5.91 Å². The van der Waals surface area contributed by atoms with E-state index in [9.17, 15) is 4.79 Å². The molecule has 1 fully saturated rings. The van der Waals surface area contributed by atoms with E-state index in [1.165, 1.54) is 4.88 Å². The molecule has 1 amide bonds. The first-order valence-corrected chi connectivity index (χ1v) is 7.77. The smallest absolute Gasteiger partial charge is 0.223 e. The predicted molar refractivity (Wildman–Crippen MR) is 79.3 cm³/mol. The molecule has 0 saturated heterocycles. The Morgan fingerprint density at radius 1 is 1.45 bits per heavy atom. The number of amides is 1. The fourth-order valence-corrected chi connectivity index (χ4v) is 2.82. The number of carbonyl (C=O) groups is 1. The molecule has 0 aliphatic heterocycles. The lowest BCUT2D eigenvalue weighted by Crippen LogP contribution is -2.32. The van der Waals surface area contributed by atoms with Crippen LogP contribution in [0.3, 0.4) is 0 Å². The third kappa shape index (κ3) is 3.26. The highest BCUT2D eigenvalue weighted by molar-refractivity contribution is 7.13. The minimum atomic E-state index is 0.203. The summed E-state index contributed by atoms with van der Waals surface area (Å²) < 4.78 is 0. The molecule has 0 aromatic carbocycles. The van der Waals surface area contributed by atoms with E-state index in [1.54, 1.807) is 11.3 Å². The summed E-state index contributed by atoms with van der Waals surface area (Å²) >= 11 is 1.70. The van der Waals surface area contributed by atoms with Gasteiger partial charge < -0.3 is 10.6 Å². The summed E-state index contributed by atoms with van der Waals surface area (Å²) in [5.41, 5.74) is 2.23. The Morgan fingerprint density at radius 2 is 2.35 bits per heavy atom. The normalized spacial score (nSPS) is 14.4. The number of H-pyrrole nitrogens is 1. The van der Waals surface area contributed by atoms with Crippen molar-refractivity contribution in [3.63, 3.8) is 0 Å². The summed E-state index contributed by atoms with van der Waals surface area (Å²) in [6, 6.07) is 4.11. The Bertz CT molecular complexity index is 560. The van der Waals surface area contributed by atoms with Gasteiger partial charge in [-0.05, 0) is 24.3 Å². The predicted octanol–water partition coefficient (Wildman–Crippen LogP) is 1.75. The SMILES string of the molecule is O=C(NCCNCc1cn[nH]c1-c1cccs1)C1CC1. The van der Waals surface area contributed by atoms with Gasteiger partial charge in [0, 0.05) is 31.1 Å². The molecule has 0 spiro atoms. The van der Waals surface area contributed by atoms with Gasteiger partial charge in [0.15, 0.2) is 0 Å². The molecule has 1 aliphatic carbocycles. The Morgan fingerprint density at radius 3 is 3.10 bits per heavy atom. The Hall–Kier alpha value is -1.66. The second-order valence-electron chi connectivity index (χ2n) is 4.99. The lowest BCUT2D eigenvalue weighted by Gasteiger charge is -2.06. The largest absolute Gasteiger partial charge is 0.355 e. The summed E-state index contributed by atoms with van der Waals surface area (Å²) in [7, 11) is 0. The highest BCUT2D eigenvalue weighted by Gasteiger charge is 2.28. The Labute approximate surface area is 121 Å². The van der Waals surface area contributed by atoms with E-state index in [0.717, 1.165) is 37.2 Å². The van der Waals surface area contributed by atoms with Gasteiger partial charge in [0.25, 0.3) is 0 Å². The maximum absolute atomic E-state index is 11.5. The van der Waals surface area contributed by atoms with E-state index in [2.05, 4.69) is 32.3 Å². The van der Waals surface area contributed by atoms with E-state index >= 15 is 0 Å². The van der Waals surface area contributed by atoms with Crippen LogP contribution >= 0.6 is 11.3 Å². The van der Waals surface area contributed by atoms with Crippen LogP contribution in [-0.2, 0) is 11.3 Å². The number of aromatic amines is 1. The molecule has 106 valence electrons. The van der Waals surface area contributed by atoms with Crippen molar-refractivity contribution in [2.24, 2.45) is 5.92 Å². The van der Waals surface area contributed by atoms with Gasteiger partial charge >= 0.3 is 0 Å². The van der Waals surface area contributed by atoms with Crippen LogP contribution in [0.5, 0.6) is 0 Å². The number of rotatable bonds is 7. The fourth-order valence-electron chi connectivity index (χ4n) is 2.07. The first-order chi connectivity index (χ1) is 9.84. The van der Waals surface area contributed by atoms with E-state index in [4.69, 9.17) is 0 Å². The van der Waals surface area contributed by atoms with Crippen LogP contribution in [0.15, 0.2) is 23.7 Å². The summed E-state index contributed by atoms with van der Waals surface area (Å²) in [5.74, 6) is 0.490. The number of thiophene rings is 1. The molecular formula is C14H18N4OS. The molecule has 0 radical (unpaired) electrons. The molecule has 6 heteroatoms. The lowest BCUT2D eigenvalue weighted by atomic mass is 10.2. The van der Waals surface area contributed by atoms with Gasteiger partial charge in [0.1, 0.15) is 0 Å². The van der Waals surface area contributed by atoms with E-state index in [0.29, 0.717) is 6.54 Å². The van der Waals surface area contributed by atoms with Crippen LogP contribution in [0.1, 0.15) is 18.4 Å². The molecule has 0 bridgehead atoms. The average Bonchev–Trinajstić information content (AvgIpc) is 2.98. The zero-order valence-corrected chi connectivity index (χ0v) is 12.0. The highest BCUT2D eigenvalue weighted by atomic mass is 32.1. The molecule has 2 heterocycles. The van der Waals surface area contributed by atoms with Gasteiger partial charge in [-0.2, -0.15) is 5.10 Å². The number of hydrogen-bond donors (Lipinski definition) is 3. The van der Waals surface area contributed by atoms with Crippen molar-refractivity contribution in [3.8, 4) is 10.6 Å². The third-order valence-electron chi connectivity index (χ3n) is 3.35. The molecule has 0 atom stereocenters. The van der Waals surface area contributed by atoms with Crippen molar-refractivity contribution in [1.29, 1.82) is 0 Å². The van der Waals surface area contributed by atoms with Gasteiger partial charge in [-0.1, -0.05) is 6.07 Å². The van der Waals surface area contributed by atoms with E-state index < -0.39 is 0 Å². The Balaban J connectivity index is 1.42. The minimum Gasteiger partial charge on any atom is -0.355 e. The standard InChI is InChI=1S/C14H18N4OS/c19-14(10-3-4-10)16-6-5-15-8-11-9-17-18-13(11)12-2-1-7-20-12/h1-2,7,9-10,15H,3-6,8H2,(H,16,19)(H,17,18). The minimum absolute atomic E-state index is 0.203. The summed E-state index contributed by atoms with van der Waals surface area (Å²) in [4.78, 5) is 12.6. The van der Waals surface area contributed by atoms with Crippen molar-refractivity contribution in [2.75, 3.05) is 13.1 Å². The summed E-state index contributed by atoms with van der Waals surface area (Å²) in [6.07, 6.45) is 3.96. The van der Waals surface area contributed by atoms with Crippen molar-refractivity contribution in [3.05, 3.63) is 29.3 Å². The van der Waals surface area contributed by atoms with Gasteiger partial charge in [-0.25, -0.2) is 0 Å². The molecule has 3 rings (SSSR count). The fraction of sp³-hybridized carbons (Fsp3) is 0.429. The quantitative estimate of drug-likeness (QED) is 0.680. The van der Waals surface area contributed by atoms with Gasteiger partial charge in [0.05, 0.1) is 16.8 Å². The third-order valence-corrected chi connectivity index (χ3v) is 4.24. The number of hydrogen-bond acceptors (Lipinski definition) is 4. The first-order valence-electron chi connectivity index (χ1n) is 6.89. The second-order valence-corrected chi connectivity index (χ2v) is 5.94. The monoisotopic (exact) mass is 290 g/mol. The zero-order valence-electron chi connectivity index (χ0n) is 11.2. The number of aromatic nitrogens is 2. The molecule has 1 saturated carbocycles. The van der Waals surface area contributed by atoms with Crippen LogP contribution in [0, 0.1) is 5.92 Å². The zero-order chi connectivity index (χ0) is 13.8. The first kappa shape index (κ1) is 13.3. The van der Waals surface area contributed by atoms with E-state index in [1.807, 2.05) is 12.3 Å². The molecule has 0 unspecified atom stereocenters.